The first-order valence-electron chi connectivity index (χ1n) is 17.6. The zero-order valence-electron chi connectivity index (χ0n) is 29.2. The summed E-state index contributed by atoms with van der Waals surface area (Å²) in [5, 5.41) is 7.43. The van der Waals surface area contributed by atoms with Crippen LogP contribution < -0.4 is 10.6 Å². The van der Waals surface area contributed by atoms with Gasteiger partial charge in [-0.1, -0.05) is 130 Å². The van der Waals surface area contributed by atoms with E-state index in [0.717, 1.165) is 30.6 Å². The normalized spacial score (nSPS) is 11.0. The SMILES string of the molecule is CCCCc1ccc(-c2cc(Nc3c(C)cccc3CC)ccc2-c2ccc(-c3ccc(Nc4c(C)cccc4CC)cc3)cc2)cc1. The molecule has 0 unspecified atom stereocenters. The number of para-hydroxylation sites is 2. The Bertz CT molecular complexity index is 1970. The second kappa shape index (κ2) is 15.2. The number of benzene rings is 6. The van der Waals surface area contributed by atoms with Crippen molar-refractivity contribution in [1.29, 1.82) is 0 Å². The number of nitrogens with one attached hydrogen (secondary N) is 2. The second-order valence-corrected chi connectivity index (χ2v) is 12.9. The van der Waals surface area contributed by atoms with Gasteiger partial charge in [-0.05, 0) is 125 Å². The van der Waals surface area contributed by atoms with Gasteiger partial charge in [-0.25, -0.2) is 0 Å². The summed E-state index contributed by atoms with van der Waals surface area (Å²) in [5.41, 5.74) is 18.6. The molecular formula is C46H48N2. The van der Waals surface area contributed by atoms with E-state index >= 15 is 0 Å². The molecule has 6 aromatic rings. The van der Waals surface area contributed by atoms with Gasteiger partial charge in [-0.2, -0.15) is 0 Å². The topological polar surface area (TPSA) is 24.1 Å². The third-order valence-corrected chi connectivity index (χ3v) is 9.54. The standard InChI is InChI=1S/C46H48N2/c1-6-9-14-34-17-19-40(20-18-34)44-31-42(48-46-33(5)13-11-16-36(46)8-3)29-30-43(44)39-23-21-37(22-24-39)38-25-27-41(28-26-38)47-45-32(4)12-10-15-35(45)7-2/h10-13,15-31,47-48H,6-9,14H2,1-5H3. The molecule has 0 heterocycles. The predicted octanol–water partition coefficient (Wildman–Crippen LogP) is 13.3. The van der Waals surface area contributed by atoms with Gasteiger partial charge in [0.2, 0.25) is 0 Å². The van der Waals surface area contributed by atoms with Crippen LogP contribution in [0.1, 0.15) is 61.4 Å². The quantitative estimate of drug-likeness (QED) is 0.141. The summed E-state index contributed by atoms with van der Waals surface area (Å²) in [6.07, 6.45) is 5.56. The van der Waals surface area contributed by atoms with Gasteiger partial charge in [0, 0.05) is 22.7 Å². The molecule has 48 heavy (non-hydrogen) atoms. The van der Waals surface area contributed by atoms with Crippen LogP contribution in [0.3, 0.4) is 0 Å². The summed E-state index contributed by atoms with van der Waals surface area (Å²) in [6, 6.07) is 46.9. The van der Waals surface area contributed by atoms with Crippen LogP contribution in [0.5, 0.6) is 0 Å². The fraction of sp³-hybridized carbons (Fsp3) is 0.217. The summed E-state index contributed by atoms with van der Waals surface area (Å²) >= 11 is 0. The Morgan fingerprint density at radius 2 is 0.938 bits per heavy atom. The zero-order valence-corrected chi connectivity index (χ0v) is 29.2. The largest absolute Gasteiger partial charge is 0.355 e. The molecular weight excluding hydrogens is 581 g/mol. The molecule has 2 nitrogen and oxygen atoms in total. The fourth-order valence-electron chi connectivity index (χ4n) is 6.63. The van der Waals surface area contributed by atoms with E-state index in [4.69, 9.17) is 0 Å². The van der Waals surface area contributed by atoms with Crippen LogP contribution >= 0.6 is 0 Å². The van der Waals surface area contributed by atoms with Gasteiger partial charge in [0.05, 0.1) is 0 Å². The van der Waals surface area contributed by atoms with Gasteiger partial charge in [0.25, 0.3) is 0 Å². The predicted molar refractivity (Wildman–Crippen MR) is 209 cm³/mol. The highest BCUT2D eigenvalue weighted by atomic mass is 14.9. The average molecular weight is 629 g/mol. The van der Waals surface area contributed by atoms with Crippen molar-refractivity contribution in [3.8, 4) is 33.4 Å². The van der Waals surface area contributed by atoms with Gasteiger partial charge in [0.1, 0.15) is 0 Å². The van der Waals surface area contributed by atoms with Crippen LogP contribution in [0.15, 0.2) is 127 Å². The van der Waals surface area contributed by atoms with Gasteiger partial charge in [0.15, 0.2) is 0 Å². The number of unbranched alkanes of at least 4 members (excludes halogenated alkanes) is 1. The van der Waals surface area contributed by atoms with Crippen molar-refractivity contribution in [1.82, 2.24) is 0 Å². The van der Waals surface area contributed by atoms with E-state index in [-0.39, 0.29) is 0 Å². The van der Waals surface area contributed by atoms with Crippen LogP contribution in [-0.2, 0) is 19.3 Å². The lowest BCUT2D eigenvalue weighted by Crippen LogP contribution is -1.99. The number of rotatable bonds is 12. The maximum Gasteiger partial charge on any atom is 0.0446 e. The molecule has 0 radical (unpaired) electrons. The summed E-state index contributed by atoms with van der Waals surface area (Å²) in [5.74, 6) is 0. The van der Waals surface area contributed by atoms with Crippen LogP contribution in [0, 0.1) is 13.8 Å². The average Bonchev–Trinajstić information content (AvgIpc) is 3.13. The highest BCUT2D eigenvalue weighted by Gasteiger charge is 2.12. The number of hydrogen-bond donors (Lipinski definition) is 2. The lowest BCUT2D eigenvalue weighted by molar-refractivity contribution is 0.795. The molecule has 6 aromatic carbocycles. The molecule has 0 aromatic heterocycles. The van der Waals surface area contributed by atoms with Crippen molar-refractivity contribution in [3.05, 3.63) is 155 Å². The summed E-state index contributed by atoms with van der Waals surface area (Å²) < 4.78 is 0. The van der Waals surface area contributed by atoms with Crippen LogP contribution in [0.2, 0.25) is 0 Å². The first-order chi connectivity index (χ1) is 23.5. The molecule has 0 bridgehead atoms. The molecule has 0 fully saturated rings. The molecule has 0 aliphatic heterocycles. The van der Waals surface area contributed by atoms with Crippen molar-refractivity contribution in [3.63, 3.8) is 0 Å². The Kier molecular flexibility index (Phi) is 10.4. The van der Waals surface area contributed by atoms with E-state index in [9.17, 15) is 0 Å². The summed E-state index contributed by atoms with van der Waals surface area (Å²) in [6.45, 7) is 11.0. The van der Waals surface area contributed by atoms with E-state index in [1.165, 1.54) is 85.4 Å². The Labute approximate surface area is 287 Å². The van der Waals surface area contributed by atoms with E-state index in [1.807, 2.05) is 0 Å². The minimum absolute atomic E-state index is 0.992. The Morgan fingerprint density at radius 3 is 1.50 bits per heavy atom. The lowest BCUT2D eigenvalue weighted by atomic mass is 9.92. The molecule has 0 aliphatic carbocycles. The maximum atomic E-state index is 3.77. The Hall–Kier alpha value is -5.08. The zero-order chi connectivity index (χ0) is 33.5. The number of aryl methyl sites for hydroxylation is 5. The summed E-state index contributed by atoms with van der Waals surface area (Å²) in [4.78, 5) is 0. The third-order valence-electron chi connectivity index (χ3n) is 9.54. The molecule has 0 amide bonds. The maximum absolute atomic E-state index is 3.77. The van der Waals surface area contributed by atoms with Crippen LogP contribution in [-0.4, -0.2) is 0 Å². The highest BCUT2D eigenvalue weighted by Crippen LogP contribution is 2.37. The lowest BCUT2D eigenvalue weighted by Gasteiger charge is -2.18. The summed E-state index contributed by atoms with van der Waals surface area (Å²) in [7, 11) is 0. The van der Waals surface area contributed by atoms with E-state index in [2.05, 4.69) is 173 Å². The molecule has 0 saturated carbocycles. The van der Waals surface area contributed by atoms with Crippen LogP contribution in [0.25, 0.3) is 33.4 Å². The molecule has 0 aliphatic rings. The molecule has 6 rings (SSSR count). The minimum atomic E-state index is 0.992. The van der Waals surface area contributed by atoms with Crippen LogP contribution in [0.4, 0.5) is 22.7 Å². The van der Waals surface area contributed by atoms with Gasteiger partial charge >= 0.3 is 0 Å². The van der Waals surface area contributed by atoms with E-state index in [1.54, 1.807) is 0 Å². The fourth-order valence-corrected chi connectivity index (χ4v) is 6.63. The number of hydrogen-bond acceptors (Lipinski definition) is 2. The molecule has 242 valence electrons. The first kappa shape index (κ1) is 32.8. The molecule has 0 spiro atoms. The number of anilines is 4. The first-order valence-corrected chi connectivity index (χ1v) is 17.6. The Morgan fingerprint density at radius 1 is 0.458 bits per heavy atom. The molecule has 0 saturated heterocycles. The van der Waals surface area contributed by atoms with Crippen molar-refractivity contribution >= 4 is 22.7 Å². The van der Waals surface area contributed by atoms with Gasteiger partial charge in [-0.3, -0.25) is 0 Å². The van der Waals surface area contributed by atoms with Gasteiger partial charge in [-0.15, -0.1) is 0 Å². The van der Waals surface area contributed by atoms with E-state index in [0.29, 0.717) is 0 Å². The Balaban J connectivity index is 1.29. The smallest absolute Gasteiger partial charge is 0.0446 e. The van der Waals surface area contributed by atoms with Crippen molar-refractivity contribution in [2.45, 2.75) is 66.7 Å². The minimum Gasteiger partial charge on any atom is -0.355 e. The molecule has 0 atom stereocenters. The molecule has 2 N–H and O–H groups in total. The molecule has 2 heteroatoms. The van der Waals surface area contributed by atoms with Crippen molar-refractivity contribution in [2.24, 2.45) is 0 Å². The second-order valence-electron chi connectivity index (χ2n) is 12.9. The monoisotopic (exact) mass is 628 g/mol. The third kappa shape index (κ3) is 7.39. The van der Waals surface area contributed by atoms with Gasteiger partial charge < -0.3 is 10.6 Å². The van der Waals surface area contributed by atoms with Crippen molar-refractivity contribution in [2.75, 3.05) is 10.6 Å². The van der Waals surface area contributed by atoms with E-state index < -0.39 is 0 Å². The van der Waals surface area contributed by atoms with Crippen molar-refractivity contribution < 1.29 is 0 Å². The highest BCUT2D eigenvalue weighted by molar-refractivity contribution is 5.87.